The number of carbonyl (C=O) groups excluding carboxylic acids is 5. The van der Waals surface area contributed by atoms with E-state index in [9.17, 15) is 29.1 Å². The Hall–Kier alpha value is -6.39. The fourth-order valence-electron chi connectivity index (χ4n) is 5.79. The molecule has 4 atom stereocenters. The summed E-state index contributed by atoms with van der Waals surface area (Å²) >= 11 is 0. The fourth-order valence-corrected chi connectivity index (χ4v) is 5.79. The SMILES string of the molecule is NC(N)=NCCC[C@@H]1NC(=O)[C@@H](Cc2ccc(O)cc2)NC(=O)CNC(=O)[C@H](Cc2ccc3ccccc3c2)NC(=O)[C@@H](CCCN=C(N)N)NC1=O. The van der Waals surface area contributed by atoms with E-state index in [4.69, 9.17) is 22.9 Å². The standard InChI is InChI=1S/C36H47N11O6/c37-35(38)41-15-3-7-26-32(51)45-27(8-4-16-42-36(39)40)33(52)47-28(19-22-9-12-23-5-1-2-6-24(23)17-22)31(50)43-20-30(49)44-29(34(53)46-26)18-21-10-13-25(48)14-11-21/h1-2,5-6,9-14,17,26-29,48H,3-4,7-8,15-16,18-20H2,(H,43,50)(H,44,49)(H,45,51)(H,46,53)(H,47,52)(H4,37,38,41)(H4,39,40,42)/t26-,27+,28-,29+/m0/s1. The molecule has 3 aromatic carbocycles. The van der Waals surface area contributed by atoms with Crippen LogP contribution < -0.4 is 49.5 Å². The third-order valence-corrected chi connectivity index (χ3v) is 8.49. The Kier molecular flexibility index (Phi) is 14.3. The predicted molar refractivity (Wildman–Crippen MR) is 200 cm³/mol. The molecule has 1 saturated heterocycles. The van der Waals surface area contributed by atoms with E-state index in [0.29, 0.717) is 5.56 Å². The highest BCUT2D eigenvalue weighted by Crippen LogP contribution is 2.17. The summed E-state index contributed by atoms with van der Waals surface area (Å²) in [5.41, 5.74) is 23.2. The van der Waals surface area contributed by atoms with E-state index in [1.165, 1.54) is 12.1 Å². The number of benzene rings is 3. The smallest absolute Gasteiger partial charge is 0.243 e. The van der Waals surface area contributed by atoms with E-state index in [-0.39, 0.29) is 69.3 Å². The van der Waals surface area contributed by atoms with Crippen LogP contribution in [0.1, 0.15) is 36.8 Å². The number of nitrogens with zero attached hydrogens (tertiary/aromatic N) is 2. The predicted octanol–water partition coefficient (Wildman–Crippen LogP) is -1.49. The summed E-state index contributed by atoms with van der Waals surface area (Å²) in [6.07, 6.45) is 0.769. The molecule has 4 rings (SSSR count). The first-order valence-corrected chi connectivity index (χ1v) is 17.2. The molecule has 0 aliphatic carbocycles. The summed E-state index contributed by atoms with van der Waals surface area (Å²) < 4.78 is 0. The third-order valence-electron chi connectivity index (χ3n) is 8.49. The largest absolute Gasteiger partial charge is 0.508 e. The second kappa shape index (κ2) is 19.3. The number of nitrogens with one attached hydrogen (secondary N) is 5. The van der Waals surface area contributed by atoms with Crippen molar-refractivity contribution in [2.75, 3.05) is 19.6 Å². The van der Waals surface area contributed by atoms with Gasteiger partial charge < -0.3 is 54.6 Å². The quantitative estimate of drug-likeness (QED) is 0.0585. The molecule has 53 heavy (non-hydrogen) atoms. The molecule has 1 aliphatic rings. The number of rotatable bonds is 12. The van der Waals surface area contributed by atoms with E-state index in [2.05, 4.69) is 36.6 Å². The average Bonchev–Trinajstić information content (AvgIpc) is 3.12. The number of amides is 5. The molecular formula is C36H47N11O6. The number of hydrogen-bond donors (Lipinski definition) is 10. The summed E-state index contributed by atoms with van der Waals surface area (Å²) in [6, 6.07) is 14.7. The lowest BCUT2D eigenvalue weighted by Gasteiger charge is -2.26. The van der Waals surface area contributed by atoms with Crippen LogP contribution in [-0.4, -0.2) is 90.4 Å². The van der Waals surface area contributed by atoms with Crippen molar-refractivity contribution in [3.8, 4) is 5.75 Å². The summed E-state index contributed by atoms with van der Waals surface area (Å²) in [5.74, 6) is -3.66. The van der Waals surface area contributed by atoms with Crippen molar-refractivity contribution >= 4 is 52.2 Å². The van der Waals surface area contributed by atoms with Gasteiger partial charge in [0.25, 0.3) is 0 Å². The average molecular weight is 730 g/mol. The summed E-state index contributed by atoms with van der Waals surface area (Å²) in [6.45, 7) is -0.194. The number of carbonyl (C=O) groups is 5. The lowest BCUT2D eigenvalue weighted by Crippen LogP contribution is -2.58. The Morgan fingerprint density at radius 1 is 0.604 bits per heavy atom. The number of nitrogens with two attached hydrogens (primary N) is 4. The Balaban J connectivity index is 1.68. The minimum absolute atomic E-state index is 0.00775. The fraction of sp³-hybridized carbons (Fsp3) is 0.361. The van der Waals surface area contributed by atoms with Gasteiger partial charge in [0, 0.05) is 25.9 Å². The number of hydrogen-bond acceptors (Lipinski definition) is 8. The molecule has 282 valence electrons. The van der Waals surface area contributed by atoms with Crippen LogP contribution in [0.15, 0.2) is 76.7 Å². The van der Waals surface area contributed by atoms with Gasteiger partial charge in [-0.2, -0.15) is 0 Å². The van der Waals surface area contributed by atoms with Crippen LogP contribution in [0.4, 0.5) is 0 Å². The minimum atomic E-state index is -1.19. The van der Waals surface area contributed by atoms with Crippen molar-refractivity contribution in [3.05, 3.63) is 77.9 Å². The second-order valence-electron chi connectivity index (χ2n) is 12.7. The van der Waals surface area contributed by atoms with E-state index in [1.807, 2.05) is 42.5 Å². The topological polar surface area (TPSA) is 295 Å². The minimum Gasteiger partial charge on any atom is -0.508 e. The van der Waals surface area contributed by atoms with Gasteiger partial charge >= 0.3 is 0 Å². The van der Waals surface area contributed by atoms with Gasteiger partial charge in [0.15, 0.2) is 11.9 Å². The first-order chi connectivity index (χ1) is 25.4. The van der Waals surface area contributed by atoms with Gasteiger partial charge in [-0.25, -0.2) is 0 Å². The second-order valence-corrected chi connectivity index (χ2v) is 12.7. The molecular weight excluding hydrogens is 682 g/mol. The van der Waals surface area contributed by atoms with Crippen LogP contribution >= 0.6 is 0 Å². The molecule has 0 unspecified atom stereocenters. The van der Waals surface area contributed by atoms with E-state index < -0.39 is 60.2 Å². The molecule has 0 radical (unpaired) electrons. The Bertz CT molecular complexity index is 1820. The monoisotopic (exact) mass is 729 g/mol. The molecule has 1 heterocycles. The maximum atomic E-state index is 13.9. The van der Waals surface area contributed by atoms with E-state index in [1.54, 1.807) is 12.1 Å². The maximum Gasteiger partial charge on any atom is 0.243 e. The highest BCUT2D eigenvalue weighted by molar-refractivity contribution is 5.97. The van der Waals surface area contributed by atoms with Crippen molar-refractivity contribution in [3.63, 3.8) is 0 Å². The van der Waals surface area contributed by atoms with Gasteiger partial charge in [0.2, 0.25) is 29.5 Å². The van der Waals surface area contributed by atoms with Crippen molar-refractivity contribution in [1.82, 2.24) is 26.6 Å². The summed E-state index contributed by atoms with van der Waals surface area (Å²) in [7, 11) is 0. The normalized spacial score (nSPS) is 20.0. The number of fused-ring (bicyclic) bond motifs is 1. The van der Waals surface area contributed by atoms with Crippen molar-refractivity contribution in [2.24, 2.45) is 32.9 Å². The highest BCUT2D eigenvalue weighted by Gasteiger charge is 2.32. The Labute approximate surface area is 306 Å². The lowest BCUT2D eigenvalue weighted by atomic mass is 10.0. The van der Waals surface area contributed by atoms with Gasteiger partial charge in [0.1, 0.15) is 29.9 Å². The molecule has 0 saturated carbocycles. The summed E-state index contributed by atoms with van der Waals surface area (Å²) in [4.78, 5) is 76.4. The van der Waals surface area contributed by atoms with Crippen LogP contribution in [0.3, 0.4) is 0 Å². The van der Waals surface area contributed by atoms with Gasteiger partial charge in [-0.3, -0.25) is 34.0 Å². The zero-order valence-electron chi connectivity index (χ0n) is 29.2. The van der Waals surface area contributed by atoms with Crippen LogP contribution in [0.25, 0.3) is 10.8 Å². The van der Waals surface area contributed by atoms with E-state index >= 15 is 0 Å². The van der Waals surface area contributed by atoms with E-state index in [0.717, 1.165) is 16.3 Å². The first kappa shape index (κ1) is 39.4. The van der Waals surface area contributed by atoms with Crippen LogP contribution in [0.2, 0.25) is 0 Å². The van der Waals surface area contributed by atoms with Gasteiger partial charge in [0.05, 0.1) is 6.54 Å². The van der Waals surface area contributed by atoms with Crippen LogP contribution in [0.5, 0.6) is 5.75 Å². The van der Waals surface area contributed by atoms with Crippen LogP contribution in [0, 0.1) is 0 Å². The Morgan fingerprint density at radius 3 is 1.68 bits per heavy atom. The molecule has 1 aliphatic heterocycles. The van der Waals surface area contributed by atoms with Crippen molar-refractivity contribution < 1.29 is 29.1 Å². The lowest BCUT2D eigenvalue weighted by molar-refractivity contribution is -0.134. The first-order valence-electron chi connectivity index (χ1n) is 17.2. The van der Waals surface area contributed by atoms with Gasteiger partial charge in [-0.05, 0) is 59.7 Å². The number of aliphatic imine (C=N–C) groups is 2. The molecule has 3 aromatic rings. The number of phenols is 1. The molecule has 5 amide bonds. The van der Waals surface area contributed by atoms with Gasteiger partial charge in [-0.15, -0.1) is 0 Å². The molecule has 0 spiro atoms. The molecule has 17 nitrogen and oxygen atoms in total. The molecule has 0 aromatic heterocycles. The number of aromatic hydroxyl groups is 1. The highest BCUT2D eigenvalue weighted by atomic mass is 16.3. The number of guanidine groups is 2. The van der Waals surface area contributed by atoms with Crippen LogP contribution in [-0.2, 0) is 36.8 Å². The van der Waals surface area contributed by atoms with Crippen molar-refractivity contribution in [1.29, 1.82) is 0 Å². The van der Waals surface area contributed by atoms with Gasteiger partial charge in [-0.1, -0.05) is 54.6 Å². The Morgan fingerprint density at radius 2 is 1.09 bits per heavy atom. The molecule has 0 bridgehead atoms. The molecule has 1 fully saturated rings. The summed E-state index contributed by atoms with van der Waals surface area (Å²) in [5, 5.41) is 25.1. The number of phenolic OH excluding ortho intramolecular Hbond substituents is 1. The third kappa shape index (κ3) is 12.7. The molecule has 14 N–H and O–H groups in total. The molecule has 17 heteroatoms. The zero-order chi connectivity index (χ0) is 38.3. The van der Waals surface area contributed by atoms with Crippen molar-refractivity contribution in [2.45, 2.75) is 62.7 Å². The maximum absolute atomic E-state index is 13.9. The zero-order valence-corrected chi connectivity index (χ0v) is 29.2.